The van der Waals surface area contributed by atoms with Gasteiger partial charge in [0.25, 0.3) is 5.91 Å². The molecule has 0 spiro atoms. The molecule has 21 heavy (non-hydrogen) atoms. The number of rotatable bonds is 5. The summed E-state index contributed by atoms with van der Waals surface area (Å²) in [5.41, 5.74) is 0. The minimum absolute atomic E-state index is 0.0261. The first kappa shape index (κ1) is 15.8. The highest BCUT2D eigenvalue weighted by Gasteiger charge is 2.48. The number of likely N-dealkylation sites (N-methyl/N-ethyl adjacent to an activating group) is 1. The van der Waals surface area contributed by atoms with Crippen LogP contribution >= 0.6 is 11.8 Å². The van der Waals surface area contributed by atoms with Gasteiger partial charge in [-0.15, -0.1) is 0 Å². The summed E-state index contributed by atoms with van der Waals surface area (Å²) in [6.07, 6.45) is -0.558. The minimum Gasteiger partial charge on any atom is -0.383 e. The summed E-state index contributed by atoms with van der Waals surface area (Å²) >= 11 is 1.27. The minimum atomic E-state index is -0.572. The average Bonchev–Trinajstić information content (AvgIpc) is 2.79. The monoisotopic (exact) mass is 314 g/mol. The molecule has 0 aromatic rings. The molecule has 1 saturated heterocycles. The number of thioether (sulfide) groups is 1. The van der Waals surface area contributed by atoms with Gasteiger partial charge >= 0.3 is 6.03 Å². The molecule has 2 heterocycles. The number of amides is 3. The van der Waals surface area contributed by atoms with Gasteiger partial charge in [-0.2, -0.15) is 0 Å². The van der Waals surface area contributed by atoms with Crippen molar-refractivity contribution in [3.8, 4) is 0 Å². The van der Waals surface area contributed by atoms with E-state index in [0.29, 0.717) is 18.3 Å². The molecular weight excluding hydrogens is 296 g/mol. The second-order valence-corrected chi connectivity index (χ2v) is 5.79. The molecule has 1 N–H and O–H groups in total. The highest BCUT2D eigenvalue weighted by atomic mass is 32.2. The van der Waals surface area contributed by atoms with E-state index in [9.17, 15) is 14.4 Å². The summed E-state index contributed by atoms with van der Waals surface area (Å²) in [5.74, 6) is -0.0689. The van der Waals surface area contributed by atoms with Crippen molar-refractivity contribution in [1.82, 2.24) is 15.1 Å². The summed E-state index contributed by atoms with van der Waals surface area (Å²) < 4.78 is 5.06. The molecule has 0 aromatic carbocycles. The Hall–Kier alpha value is -1.61. The zero-order valence-electron chi connectivity index (χ0n) is 12.2. The molecule has 0 bridgehead atoms. The Bertz CT molecular complexity index is 496. The maximum atomic E-state index is 12.1. The lowest BCUT2D eigenvalue weighted by Crippen LogP contribution is -2.63. The number of carbonyl (C=O) groups excluding carboxylic acids is 3. The number of nitrogens with one attached hydrogen (secondary N) is 1. The number of aliphatic imine (C=N–C) groups is 1. The molecule has 116 valence electrons. The summed E-state index contributed by atoms with van der Waals surface area (Å²) in [7, 11) is 3.17. The van der Waals surface area contributed by atoms with Gasteiger partial charge in [-0.25, -0.2) is 9.79 Å². The Labute approximate surface area is 126 Å². The number of carbonyl (C=O) groups is 3. The van der Waals surface area contributed by atoms with Gasteiger partial charge in [-0.1, -0.05) is 11.8 Å². The third kappa shape index (κ3) is 3.18. The average molecular weight is 314 g/mol. The van der Waals surface area contributed by atoms with Crippen LogP contribution < -0.4 is 5.32 Å². The number of fused-ring (bicyclic) bond motifs is 1. The number of methoxy groups -OCH3 is 1. The molecule has 0 aliphatic carbocycles. The predicted octanol–water partition coefficient (Wildman–Crippen LogP) is -0.497. The molecule has 0 saturated carbocycles. The topological polar surface area (TPSA) is 91.3 Å². The number of ether oxygens (including phenoxy) is 1. The molecule has 2 unspecified atom stereocenters. The molecule has 3 amide bonds. The maximum Gasteiger partial charge on any atom is 0.325 e. The van der Waals surface area contributed by atoms with E-state index >= 15 is 0 Å². The second kappa shape index (κ2) is 6.44. The van der Waals surface area contributed by atoms with Crippen LogP contribution in [-0.4, -0.2) is 78.0 Å². The van der Waals surface area contributed by atoms with Crippen molar-refractivity contribution in [2.45, 2.75) is 19.1 Å². The van der Waals surface area contributed by atoms with Crippen LogP contribution in [0.4, 0.5) is 4.79 Å². The van der Waals surface area contributed by atoms with E-state index in [2.05, 4.69) is 10.3 Å². The molecular formula is C12H18N4O4S. The SMILES string of the molecule is COCCN1C(SCC(C)=O)=NC2C1C(=O)NC(=O)N2C. The van der Waals surface area contributed by atoms with Crippen molar-refractivity contribution in [1.29, 1.82) is 0 Å². The lowest BCUT2D eigenvalue weighted by Gasteiger charge is -2.36. The number of hydrogen-bond donors (Lipinski definition) is 1. The lowest BCUT2D eigenvalue weighted by molar-refractivity contribution is -0.127. The fourth-order valence-electron chi connectivity index (χ4n) is 2.21. The van der Waals surface area contributed by atoms with E-state index < -0.39 is 18.2 Å². The Kier molecular flexibility index (Phi) is 4.84. The number of Topliss-reactive ketones (excluding diaryl/α,β-unsaturated/α-hetero) is 1. The zero-order valence-corrected chi connectivity index (χ0v) is 13.0. The number of urea groups is 1. The Balaban J connectivity index is 2.22. The molecule has 8 nitrogen and oxygen atoms in total. The van der Waals surface area contributed by atoms with Crippen LogP contribution in [0.2, 0.25) is 0 Å². The quantitative estimate of drug-likeness (QED) is 0.736. The van der Waals surface area contributed by atoms with Gasteiger partial charge in [0.2, 0.25) is 0 Å². The van der Waals surface area contributed by atoms with E-state index in [4.69, 9.17) is 4.74 Å². The molecule has 2 aliphatic rings. The number of nitrogens with zero attached hydrogens (tertiary/aromatic N) is 3. The molecule has 2 atom stereocenters. The summed E-state index contributed by atoms with van der Waals surface area (Å²) in [5, 5.41) is 2.90. The molecule has 1 fully saturated rings. The van der Waals surface area contributed by atoms with Gasteiger partial charge in [0, 0.05) is 20.7 Å². The fourth-order valence-corrected chi connectivity index (χ4v) is 3.10. The predicted molar refractivity (Wildman–Crippen MR) is 78.0 cm³/mol. The third-order valence-corrected chi connectivity index (χ3v) is 4.41. The molecule has 2 aliphatic heterocycles. The first-order valence-corrected chi connectivity index (χ1v) is 7.47. The second-order valence-electron chi connectivity index (χ2n) is 4.85. The maximum absolute atomic E-state index is 12.1. The standard InChI is InChI=1S/C12H18N4O4S/c1-7(17)6-21-12-13-9-8(16(12)4-5-20-3)10(18)14-11(19)15(9)2/h8-9H,4-6H2,1-3H3,(H,14,18,19). The van der Waals surface area contributed by atoms with Crippen LogP contribution in [0.25, 0.3) is 0 Å². The number of imide groups is 1. The molecule has 0 radical (unpaired) electrons. The molecule has 0 aromatic heterocycles. The highest BCUT2D eigenvalue weighted by molar-refractivity contribution is 8.14. The van der Waals surface area contributed by atoms with Gasteiger partial charge in [0.05, 0.1) is 12.4 Å². The normalized spacial score (nSPS) is 24.8. The van der Waals surface area contributed by atoms with E-state index in [1.807, 2.05) is 0 Å². The Morgan fingerprint density at radius 1 is 1.48 bits per heavy atom. The van der Waals surface area contributed by atoms with Gasteiger partial charge in [-0.05, 0) is 6.92 Å². The Morgan fingerprint density at radius 3 is 2.81 bits per heavy atom. The Morgan fingerprint density at radius 2 is 2.19 bits per heavy atom. The summed E-state index contributed by atoms with van der Waals surface area (Å²) in [6, 6.07) is -1.04. The van der Waals surface area contributed by atoms with Gasteiger partial charge in [-0.3, -0.25) is 14.9 Å². The lowest BCUT2D eigenvalue weighted by atomic mass is 10.1. The zero-order chi connectivity index (χ0) is 15.6. The smallest absolute Gasteiger partial charge is 0.325 e. The van der Waals surface area contributed by atoms with Crippen molar-refractivity contribution in [2.75, 3.05) is 33.1 Å². The van der Waals surface area contributed by atoms with Crippen LogP contribution in [0.1, 0.15) is 6.92 Å². The largest absolute Gasteiger partial charge is 0.383 e. The van der Waals surface area contributed by atoms with Gasteiger partial charge in [0.1, 0.15) is 5.78 Å². The van der Waals surface area contributed by atoms with Crippen LogP contribution in [0.5, 0.6) is 0 Å². The van der Waals surface area contributed by atoms with Crippen molar-refractivity contribution < 1.29 is 19.1 Å². The first-order valence-electron chi connectivity index (χ1n) is 6.49. The summed E-state index contributed by atoms with van der Waals surface area (Å²) in [4.78, 5) is 42.5. The van der Waals surface area contributed by atoms with Crippen LogP contribution in [0.3, 0.4) is 0 Å². The highest BCUT2D eigenvalue weighted by Crippen LogP contribution is 2.28. The fraction of sp³-hybridized carbons (Fsp3) is 0.667. The van der Waals surface area contributed by atoms with Gasteiger partial charge in [0.15, 0.2) is 17.4 Å². The van der Waals surface area contributed by atoms with Crippen LogP contribution in [0, 0.1) is 0 Å². The van der Waals surface area contributed by atoms with Gasteiger partial charge < -0.3 is 14.5 Å². The van der Waals surface area contributed by atoms with Crippen molar-refractivity contribution in [3.05, 3.63) is 0 Å². The third-order valence-electron chi connectivity index (χ3n) is 3.26. The van der Waals surface area contributed by atoms with E-state index in [1.165, 1.54) is 23.6 Å². The van der Waals surface area contributed by atoms with Crippen LogP contribution in [0.15, 0.2) is 4.99 Å². The summed E-state index contributed by atoms with van der Waals surface area (Å²) in [6.45, 7) is 2.39. The van der Waals surface area contributed by atoms with Crippen molar-refractivity contribution >= 4 is 34.7 Å². The van der Waals surface area contributed by atoms with Crippen molar-refractivity contribution in [3.63, 3.8) is 0 Å². The molecule has 9 heteroatoms. The number of ketones is 1. The number of amidine groups is 1. The van der Waals surface area contributed by atoms with Crippen molar-refractivity contribution in [2.24, 2.45) is 4.99 Å². The van der Waals surface area contributed by atoms with Crippen LogP contribution in [-0.2, 0) is 14.3 Å². The van der Waals surface area contributed by atoms with E-state index in [0.717, 1.165) is 0 Å². The molecule has 2 rings (SSSR count). The van der Waals surface area contributed by atoms with E-state index in [1.54, 1.807) is 19.1 Å². The number of hydrogen-bond acceptors (Lipinski definition) is 7. The van der Waals surface area contributed by atoms with E-state index in [-0.39, 0.29) is 17.4 Å². The first-order chi connectivity index (χ1) is 9.95.